The summed E-state index contributed by atoms with van der Waals surface area (Å²) in [5.74, 6) is -1.31. The number of carbonyl (C=O) groups excluding carboxylic acids is 1. The highest BCUT2D eigenvalue weighted by Crippen LogP contribution is 2.08. The van der Waals surface area contributed by atoms with Gasteiger partial charge in [0, 0.05) is 12.8 Å². The number of nitrogens with one attached hydrogen (secondary N) is 1. The van der Waals surface area contributed by atoms with Crippen molar-refractivity contribution in [2.75, 3.05) is 18.5 Å². The topological polar surface area (TPSA) is 88.5 Å². The number of aromatic nitrogens is 1. The first kappa shape index (κ1) is 13.1. The normalized spacial score (nSPS) is 9.94. The zero-order valence-electron chi connectivity index (χ0n) is 9.47. The summed E-state index contributed by atoms with van der Waals surface area (Å²) in [6.45, 7) is 2.75. The van der Waals surface area contributed by atoms with Crippen molar-refractivity contribution >= 4 is 17.6 Å². The van der Waals surface area contributed by atoms with Crippen LogP contribution >= 0.6 is 0 Å². The lowest BCUT2D eigenvalue weighted by molar-refractivity contribution is -0.117. The molecule has 0 radical (unpaired) electrons. The van der Waals surface area contributed by atoms with Crippen LogP contribution in [-0.2, 0) is 9.53 Å². The zero-order valence-corrected chi connectivity index (χ0v) is 9.47. The van der Waals surface area contributed by atoms with Crippen LogP contribution in [0.2, 0.25) is 0 Å². The number of anilines is 1. The SMILES string of the molecule is CCOCCC(=O)Nc1cncc(C(=O)O)c1. The molecule has 0 aliphatic heterocycles. The molecule has 0 aromatic carbocycles. The minimum Gasteiger partial charge on any atom is -0.478 e. The predicted octanol–water partition coefficient (Wildman–Crippen LogP) is 1.14. The molecule has 0 saturated carbocycles. The molecule has 1 amide bonds. The smallest absolute Gasteiger partial charge is 0.337 e. The van der Waals surface area contributed by atoms with Gasteiger partial charge in [0.2, 0.25) is 5.91 Å². The number of ether oxygens (including phenoxy) is 1. The molecule has 6 heteroatoms. The second-order valence-corrected chi connectivity index (χ2v) is 3.26. The van der Waals surface area contributed by atoms with E-state index in [2.05, 4.69) is 10.3 Å². The molecule has 6 nitrogen and oxygen atoms in total. The fourth-order valence-corrected chi connectivity index (χ4v) is 1.16. The minimum absolute atomic E-state index is 0.0348. The van der Waals surface area contributed by atoms with Crippen LogP contribution in [0.1, 0.15) is 23.7 Å². The van der Waals surface area contributed by atoms with E-state index in [1.54, 1.807) is 0 Å². The quantitative estimate of drug-likeness (QED) is 0.725. The Bertz CT molecular complexity index is 406. The van der Waals surface area contributed by atoms with Gasteiger partial charge in [0.1, 0.15) is 0 Å². The van der Waals surface area contributed by atoms with E-state index >= 15 is 0 Å². The molecule has 1 heterocycles. The van der Waals surface area contributed by atoms with Gasteiger partial charge in [-0.1, -0.05) is 0 Å². The molecule has 2 N–H and O–H groups in total. The summed E-state index contributed by atoms with van der Waals surface area (Å²) in [6.07, 6.45) is 2.84. The van der Waals surface area contributed by atoms with Crippen LogP contribution < -0.4 is 5.32 Å². The number of pyridine rings is 1. The van der Waals surface area contributed by atoms with E-state index in [4.69, 9.17) is 9.84 Å². The van der Waals surface area contributed by atoms with Crippen molar-refractivity contribution in [3.63, 3.8) is 0 Å². The van der Waals surface area contributed by atoms with Crippen LogP contribution in [0.15, 0.2) is 18.5 Å². The standard InChI is InChI=1S/C11H14N2O4/c1-2-17-4-3-10(14)13-9-5-8(11(15)16)6-12-7-9/h5-7H,2-4H2,1H3,(H,13,14)(H,15,16). The summed E-state index contributed by atoms with van der Waals surface area (Å²) in [4.78, 5) is 25.8. The number of rotatable bonds is 6. The maximum Gasteiger partial charge on any atom is 0.337 e. The maximum atomic E-state index is 11.4. The van der Waals surface area contributed by atoms with Crippen LogP contribution in [0.4, 0.5) is 5.69 Å². The molecule has 1 rings (SSSR count). The van der Waals surface area contributed by atoms with Crippen molar-refractivity contribution in [2.24, 2.45) is 0 Å². The van der Waals surface area contributed by atoms with Gasteiger partial charge in [-0.05, 0) is 13.0 Å². The zero-order chi connectivity index (χ0) is 12.7. The van der Waals surface area contributed by atoms with Gasteiger partial charge in [-0.25, -0.2) is 4.79 Å². The Hall–Kier alpha value is -1.95. The lowest BCUT2D eigenvalue weighted by Crippen LogP contribution is -2.14. The number of carboxylic acids is 1. The molecule has 0 atom stereocenters. The van der Waals surface area contributed by atoms with Crippen molar-refractivity contribution in [1.82, 2.24) is 4.98 Å². The highest BCUT2D eigenvalue weighted by Gasteiger charge is 2.06. The first-order valence-corrected chi connectivity index (χ1v) is 5.19. The maximum absolute atomic E-state index is 11.4. The number of hydrogen-bond donors (Lipinski definition) is 2. The lowest BCUT2D eigenvalue weighted by Gasteiger charge is -2.05. The number of aromatic carboxylic acids is 1. The molecule has 92 valence electrons. The van der Waals surface area contributed by atoms with Crippen molar-refractivity contribution in [3.8, 4) is 0 Å². The van der Waals surface area contributed by atoms with Crippen LogP contribution in [0, 0.1) is 0 Å². The first-order valence-electron chi connectivity index (χ1n) is 5.19. The van der Waals surface area contributed by atoms with E-state index in [0.29, 0.717) is 18.9 Å². The summed E-state index contributed by atoms with van der Waals surface area (Å²) in [5.41, 5.74) is 0.402. The Labute approximate surface area is 98.6 Å². The van der Waals surface area contributed by atoms with Crippen molar-refractivity contribution in [3.05, 3.63) is 24.0 Å². The Morgan fingerprint density at radius 2 is 2.24 bits per heavy atom. The Kier molecular flexibility index (Phi) is 5.09. The van der Waals surface area contributed by atoms with E-state index in [1.165, 1.54) is 18.5 Å². The summed E-state index contributed by atoms with van der Waals surface area (Å²) in [7, 11) is 0. The molecular weight excluding hydrogens is 224 g/mol. The fraction of sp³-hybridized carbons (Fsp3) is 0.364. The van der Waals surface area contributed by atoms with Crippen molar-refractivity contribution in [2.45, 2.75) is 13.3 Å². The monoisotopic (exact) mass is 238 g/mol. The first-order chi connectivity index (χ1) is 8.13. The van der Waals surface area contributed by atoms with E-state index in [1.807, 2.05) is 6.92 Å². The molecule has 1 aromatic heterocycles. The van der Waals surface area contributed by atoms with Gasteiger partial charge in [0.05, 0.1) is 30.5 Å². The molecular formula is C11H14N2O4. The summed E-state index contributed by atoms with van der Waals surface area (Å²) >= 11 is 0. The second kappa shape index (κ2) is 6.59. The van der Waals surface area contributed by atoms with E-state index in [-0.39, 0.29) is 17.9 Å². The van der Waals surface area contributed by atoms with Crippen molar-refractivity contribution in [1.29, 1.82) is 0 Å². The fourth-order valence-electron chi connectivity index (χ4n) is 1.16. The van der Waals surface area contributed by atoms with E-state index < -0.39 is 5.97 Å². The minimum atomic E-state index is -1.08. The number of carboxylic acid groups (broad SMARTS) is 1. The number of amides is 1. The molecule has 0 fully saturated rings. The number of nitrogens with zero attached hydrogens (tertiary/aromatic N) is 1. The Morgan fingerprint density at radius 3 is 2.88 bits per heavy atom. The Balaban J connectivity index is 2.53. The highest BCUT2D eigenvalue weighted by molar-refractivity contribution is 5.93. The molecule has 17 heavy (non-hydrogen) atoms. The van der Waals surface area contributed by atoms with Crippen LogP contribution in [0.3, 0.4) is 0 Å². The summed E-state index contributed by atoms with van der Waals surface area (Å²) in [5, 5.41) is 11.3. The van der Waals surface area contributed by atoms with Gasteiger partial charge in [-0.2, -0.15) is 0 Å². The third-order valence-corrected chi connectivity index (χ3v) is 1.95. The van der Waals surface area contributed by atoms with Gasteiger partial charge < -0.3 is 15.2 Å². The van der Waals surface area contributed by atoms with Crippen LogP contribution in [0.5, 0.6) is 0 Å². The molecule has 0 aliphatic carbocycles. The molecule has 0 aliphatic rings. The average molecular weight is 238 g/mol. The van der Waals surface area contributed by atoms with Gasteiger partial charge in [-0.3, -0.25) is 9.78 Å². The largest absolute Gasteiger partial charge is 0.478 e. The van der Waals surface area contributed by atoms with Crippen LogP contribution in [-0.4, -0.2) is 35.2 Å². The molecule has 0 unspecified atom stereocenters. The molecule has 0 saturated heterocycles. The number of carbonyl (C=O) groups is 2. The van der Waals surface area contributed by atoms with Gasteiger partial charge in [0.25, 0.3) is 0 Å². The van der Waals surface area contributed by atoms with E-state index in [0.717, 1.165) is 0 Å². The molecule has 0 spiro atoms. The second-order valence-electron chi connectivity index (χ2n) is 3.26. The average Bonchev–Trinajstić information content (AvgIpc) is 2.29. The third kappa shape index (κ3) is 4.60. The van der Waals surface area contributed by atoms with Gasteiger partial charge in [-0.15, -0.1) is 0 Å². The Morgan fingerprint density at radius 1 is 1.47 bits per heavy atom. The number of hydrogen-bond acceptors (Lipinski definition) is 4. The highest BCUT2D eigenvalue weighted by atomic mass is 16.5. The molecule has 0 bridgehead atoms. The van der Waals surface area contributed by atoms with Crippen LogP contribution in [0.25, 0.3) is 0 Å². The van der Waals surface area contributed by atoms with Crippen molar-refractivity contribution < 1.29 is 19.4 Å². The summed E-state index contributed by atoms with van der Waals surface area (Å²) < 4.78 is 5.03. The third-order valence-electron chi connectivity index (χ3n) is 1.95. The van der Waals surface area contributed by atoms with E-state index in [9.17, 15) is 9.59 Å². The van der Waals surface area contributed by atoms with Gasteiger partial charge in [0.15, 0.2) is 0 Å². The predicted molar refractivity (Wildman–Crippen MR) is 60.9 cm³/mol. The summed E-state index contributed by atoms with van der Waals surface area (Å²) in [6, 6.07) is 1.36. The van der Waals surface area contributed by atoms with Gasteiger partial charge >= 0.3 is 5.97 Å². The lowest BCUT2D eigenvalue weighted by atomic mass is 10.2. The molecule has 1 aromatic rings.